The molecule has 3 rings (SSSR count). The second-order valence-electron chi connectivity index (χ2n) is 6.83. The summed E-state index contributed by atoms with van der Waals surface area (Å²) in [7, 11) is 3.78. The van der Waals surface area contributed by atoms with Crippen LogP contribution in [0, 0.1) is 0 Å². The number of nitrogens with zero attached hydrogens (tertiary/aromatic N) is 3. The minimum Gasteiger partial charge on any atom is -0.493 e. The van der Waals surface area contributed by atoms with Crippen molar-refractivity contribution >= 4 is 17.7 Å². The Balaban J connectivity index is 1.48. The summed E-state index contributed by atoms with van der Waals surface area (Å²) in [6, 6.07) is 7.60. The molecule has 1 aromatic rings. The predicted molar refractivity (Wildman–Crippen MR) is 110 cm³/mol. The monoisotopic (exact) mass is 391 g/mol. The van der Waals surface area contributed by atoms with Gasteiger partial charge >= 0.3 is 0 Å². The third-order valence-corrected chi connectivity index (χ3v) is 6.14. The number of para-hydroxylation sites is 2. The van der Waals surface area contributed by atoms with Gasteiger partial charge in [0.15, 0.2) is 11.5 Å². The van der Waals surface area contributed by atoms with Crippen LogP contribution in [0.4, 0.5) is 0 Å². The fraction of sp³-hybridized carbons (Fsp3) is 0.550. The average molecular weight is 392 g/mol. The van der Waals surface area contributed by atoms with Crippen LogP contribution < -0.4 is 9.47 Å². The van der Waals surface area contributed by atoms with Crippen LogP contribution in [0.25, 0.3) is 0 Å². The third kappa shape index (κ3) is 5.64. The standard InChI is InChI=1S/C20H29N3O3S/c1-21-10-12-22(13-11-21)9-5-8-19(24)23-14-15-27-20(23)16-26-18-7-4-3-6-17(18)25-2/h3-8,20H,9-16H2,1-2H3/b8-5+. The molecule has 7 heteroatoms. The van der Waals surface area contributed by atoms with Crippen LogP contribution in [0.1, 0.15) is 0 Å². The normalized spacial score (nSPS) is 21.7. The first-order valence-corrected chi connectivity index (χ1v) is 10.5. The smallest absolute Gasteiger partial charge is 0.247 e. The molecule has 0 bridgehead atoms. The summed E-state index contributed by atoms with van der Waals surface area (Å²) in [4.78, 5) is 19.2. The molecule has 148 valence electrons. The molecule has 0 saturated carbocycles. The molecule has 2 aliphatic heterocycles. The summed E-state index contributed by atoms with van der Waals surface area (Å²) in [5.74, 6) is 2.44. The molecule has 0 radical (unpaired) electrons. The number of hydrogen-bond acceptors (Lipinski definition) is 6. The molecule has 1 atom stereocenters. The zero-order chi connectivity index (χ0) is 19.1. The van der Waals surface area contributed by atoms with Gasteiger partial charge < -0.3 is 19.3 Å². The summed E-state index contributed by atoms with van der Waals surface area (Å²) in [6.45, 7) is 6.36. The summed E-state index contributed by atoms with van der Waals surface area (Å²) >= 11 is 1.76. The van der Waals surface area contributed by atoms with Crippen molar-refractivity contribution < 1.29 is 14.3 Å². The quantitative estimate of drug-likeness (QED) is 0.661. The number of hydrogen-bond donors (Lipinski definition) is 0. The van der Waals surface area contributed by atoms with Crippen LogP contribution in [0.2, 0.25) is 0 Å². The molecule has 2 saturated heterocycles. The van der Waals surface area contributed by atoms with E-state index in [2.05, 4.69) is 16.8 Å². The molecule has 2 heterocycles. The number of rotatable bonds is 7. The molecule has 1 aromatic carbocycles. The van der Waals surface area contributed by atoms with Crippen molar-refractivity contribution in [3.05, 3.63) is 36.4 Å². The highest BCUT2D eigenvalue weighted by atomic mass is 32.2. The molecule has 0 N–H and O–H groups in total. The molecule has 2 aliphatic rings. The van der Waals surface area contributed by atoms with Gasteiger partial charge in [0.1, 0.15) is 12.0 Å². The Morgan fingerprint density at radius 3 is 2.67 bits per heavy atom. The lowest BCUT2D eigenvalue weighted by atomic mass is 10.3. The molecule has 0 spiro atoms. The number of amides is 1. The molecule has 2 fully saturated rings. The Kier molecular flexibility index (Phi) is 7.43. The maximum atomic E-state index is 12.6. The molecule has 1 unspecified atom stereocenters. The van der Waals surface area contributed by atoms with Crippen LogP contribution in [0.3, 0.4) is 0 Å². The van der Waals surface area contributed by atoms with Crippen LogP contribution in [-0.4, -0.2) is 91.8 Å². The molecule has 0 aromatic heterocycles. The average Bonchev–Trinajstić information content (AvgIpc) is 3.17. The Labute approximate surface area is 166 Å². The summed E-state index contributed by atoms with van der Waals surface area (Å²) < 4.78 is 11.2. The zero-order valence-electron chi connectivity index (χ0n) is 16.2. The van der Waals surface area contributed by atoms with Crippen molar-refractivity contribution in [2.24, 2.45) is 0 Å². The van der Waals surface area contributed by atoms with Crippen LogP contribution in [0.15, 0.2) is 36.4 Å². The van der Waals surface area contributed by atoms with Crippen molar-refractivity contribution in [1.82, 2.24) is 14.7 Å². The van der Waals surface area contributed by atoms with E-state index in [0.717, 1.165) is 45.0 Å². The number of methoxy groups -OCH3 is 1. The molecular weight excluding hydrogens is 362 g/mol. The number of piperazine rings is 1. The second kappa shape index (κ2) is 10.0. The van der Waals surface area contributed by atoms with E-state index in [0.29, 0.717) is 18.1 Å². The number of carbonyl (C=O) groups excluding carboxylic acids is 1. The SMILES string of the molecule is COc1ccccc1OCC1SCCN1C(=O)/C=C/CN1CCN(C)CC1. The number of benzene rings is 1. The van der Waals surface area contributed by atoms with E-state index in [4.69, 9.17) is 9.47 Å². The predicted octanol–water partition coefficient (Wildman–Crippen LogP) is 1.78. The highest BCUT2D eigenvalue weighted by Gasteiger charge is 2.29. The third-order valence-electron chi connectivity index (χ3n) is 4.94. The van der Waals surface area contributed by atoms with E-state index in [-0.39, 0.29) is 11.3 Å². The highest BCUT2D eigenvalue weighted by molar-refractivity contribution is 8.00. The highest BCUT2D eigenvalue weighted by Crippen LogP contribution is 2.29. The van der Waals surface area contributed by atoms with E-state index >= 15 is 0 Å². The molecule has 6 nitrogen and oxygen atoms in total. The number of ether oxygens (including phenoxy) is 2. The summed E-state index contributed by atoms with van der Waals surface area (Å²) in [6.07, 6.45) is 3.72. The minimum absolute atomic E-state index is 0.0377. The van der Waals surface area contributed by atoms with Gasteiger partial charge in [-0.2, -0.15) is 0 Å². The summed E-state index contributed by atoms with van der Waals surface area (Å²) in [5, 5.41) is 0.0377. The lowest BCUT2D eigenvalue weighted by molar-refractivity contribution is -0.126. The van der Waals surface area contributed by atoms with Crippen LogP contribution >= 0.6 is 11.8 Å². The van der Waals surface area contributed by atoms with E-state index < -0.39 is 0 Å². The largest absolute Gasteiger partial charge is 0.493 e. The Bertz CT molecular complexity index is 647. The lowest BCUT2D eigenvalue weighted by Crippen LogP contribution is -2.44. The van der Waals surface area contributed by atoms with Crippen molar-refractivity contribution in [3.8, 4) is 11.5 Å². The van der Waals surface area contributed by atoms with Gasteiger partial charge in [0, 0.05) is 51.1 Å². The minimum atomic E-state index is 0.0377. The number of thioether (sulfide) groups is 1. The zero-order valence-corrected chi connectivity index (χ0v) is 17.0. The van der Waals surface area contributed by atoms with Gasteiger partial charge in [-0.1, -0.05) is 18.2 Å². The van der Waals surface area contributed by atoms with Gasteiger partial charge in [0.2, 0.25) is 5.91 Å². The number of likely N-dealkylation sites (N-methyl/N-ethyl adjacent to an activating group) is 1. The lowest BCUT2D eigenvalue weighted by Gasteiger charge is -2.31. The van der Waals surface area contributed by atoms with Crippen LogP contribution in [0.5, 0.6) is 11.5 Å². The Hall–Kier alpha value is -1.70. The fourth-order valence-electron chi connectivity index (χ4n) is 3.24. The summed E-state index contributed by atoms with van der Waals surface area (Å²) in [5.41, 5.74) is 0. The molecule has 0 aliphatic carbocycles. The maximum absolute atomic E-state index is 12.6. The molecular formula is C20H29N3O3S. The van der Waals surface area contributed by atoms with Crippen molar-refractivity contribution in [3.63, 3.8) is 0 Å². The van der Waals surface area contributed by atoms with Crippen molar-refractivity contribution in [1.29, 1.82) is 0 Å². The molecule has 1 amide bonds. The van der Waals surface area contributed by atoms with E-state index in [1.807, 2.05) is 35.2 Å². The van der Waals surface area contributed by atoms with Gasteiger partial charge in [-0.25, -0.2) is 0 Å². The van der Waals surface area contributed by atoms with Gasteiger partial charge in [-0.05, 0) is 19.2 Å². The second-order valence-corrected chi connectivity index (χ2v) is 8.11. The van der Waals surface area contributed by atoms with Gasteiger partial charge in [-0.15, -0.1) is 11.8 Å². The van der Waals surface area contributed by atoms with Gasteiger partial charge in [-0.3, -0.25) is 9.69 Å². The number of carbonyl (C=O) groups is 1. The van der Waals surface area contributed by atoms with E-state index in [1.165, 1.54) is 0 Å². The first-order valence-electron chi connectivity index (χ1n) is 9.43. The van der Waals surface area contributed by atoms with Crippen molar-refractivity contribution in [2.75, 3.05) is 65.8 Å². The van der Waals surface area contributed by atoms with Gasteiger partial charge in [0.05, 0.1) is 7.11 Å². The fourth-order valence-corrected chi connectivity index (χ4v) is 4.37. The first-order chi connectivity index (χ1) is 13.2. The molecule has 27 heavy (non-hydrogen) atoms. The Morgan fingerprint density at radius 2 is 1.93 bits per heavy atom. The van der Waals surface area contributed by atoms with E-state index in [1.54, 1.807) is 24.9 Å². The van der Waals surface area contributed by atoms with Gasteiger partial charge in [0.25, 0.3) is 0 Å². The van der Waals surface area contributed by atoms with Crippen molar-refractivity contribution in [2.45, 2.75) is 5.37 Å². The van der Waals surface area contributed by atoms with Crippen LogP contribution in [-0.2, 0) is 4.79 Å². The topological polar surface area (TPSA) is 45.3 Å². The van der Waals surface area contributed by atoms with E-state index in [9.17, 15) is 4.79 Å². The maximum Gasteiger partial charge on any atom is 0.247 e. The first kappa shape index (κ1) is 20.0. The Morgan fingerprint density at radius 1 is 1.19 bits per heavy atom.